The number of hydrogen-bond acceptors (Lipinski definition) is 3. The van der Waals surface area contributed by atoms with Gasteiger partial charge in [0.15, 0.2) is 0 Å². The molecule has 1 heterocycles. The summed E-state index contributed by atoms with van der Waals surface area (Å²) in [6.45, 7) is 6.85. The summed E-state index contributed by atoms with van der Waals surface area (Å²) >= 11 is 0. The Morgan fingerprint density at radius 2 is 2.14 bits per heavy atom. The molecule has 0 saturated carbocycles. The van der Waals surface area contributed by atoms with Gasteiger partial charge in [0.2, 0.25) is 0 Å². The third-order valence-electron chi connectivity index (χ3n) is 2.88. The van der Waals surface area contributed by atoms with Crippen LogP contribution in [0.3, 0.4) is 0 Å². The van der Waals surface area contributed by atoms with Crippen LogP contribution in [0.2, 0.25) is 0 Å². The van der Waals surface area contributed by atoms with E-state index in [4.69, 9.17) is 4.74 Å². The van der Waals surface area contributed by atoms with E-state index in [0.29, 0.717) is 25.1 Å². The molecule has 1 aromatic heterocycles. The van der Waals surface area contributed by atoms with E-state index in [1.807, 2.05) is 13.0 Å². The monoisotopic (exact) mass is 286 g/mol. The van der Waals surface area contributed by atoms with Crippen LogP contribution in [-0.2, 0) is 4.74 Å². The largest absolute Gasteiger partial charge is 0.375 e. The van der Waals surface area contributed by atoms with Crippen molar-refractivity contribution in [3.8, 4) is 0 Å². The SMILES string of the molecule is C=C(C)COCCNC(=O)c1cc2ccccc2c(=O)[nH]1. The number of pyridine rings is 1. The molecule has 0 saturated heterocycles. The van der Waals surface area contributed by atoms with Gasteiger partial charge >= 0.3 is 0 Å². The lowest BCUT2D eigenvalue weighted by atomic mass is 10.1. The summed E-state index contributed by atoms with van der Waals surface area (Å²) in [5.41, 5.74) is 0.913. The van der Waals surface area contributed by atoms with Crippen LogP contribution in [0.25, 0.3) is 10.8 Å². The van der Waals surface area contributed by atoms with Crippen molar-refractivity contribution in [1.82, 2.24) is 10.3 Å². The van der Waals surface area contributed by atoms with Crippen molar-refractivity contribution < 1.29 is 9.53 Å². The van der Waals surface area contributed by atoms with Gasteiger partial charge in [-0.2, -0.15) is 0 Å². The van der Waals surface area contributed by atoms with E-state index >= 15 is 0 Å². The standard InChI is InChI=1S/C16H18N2O3/c1-11(2)10-21-8-7-17-16(20)14-9-12-5-3-4-6-13(12)15(19)18-14/h3-6,9H,1,7-8,10H2,2H3,(H,17,20)(H,18,19). The molecule has 0 radical (unpaired) electrons. The van der Waals surface area contributed by atoms with Crippen molar-refractivity contribution in [3.05, 3.63) is 58.5 Å². The highest BCUT2D eigenvalue weighted by Gasteiger charge is 2.08. The smallest absolute Gasteiger partial charge is 0.267 e. The quantitative estimate of drug-likeness (QED) is 0.629. The number of hydrogen-bond donors (Lipinski definition) is 2. The van der Waals surface area contributed by atoms with Crippen LogP contribution >= 0.6 is 0 Å². The topological polar surface area (TPSA) is 71.2 Å². The molecule has 0 atom stereocenters. The first kappa shape index (κ1) is 15.0. The molecule has 5 nitrogen and oxygen atoms in total. The zero-order chi connectivity index (χ0) is 15.2. The van der Waals surface area contributed by atoms with Crippen molar-refractivity contribution in [2.75, 3.05) is 19.8 Å². The highest BCUT2D eigenvalue weighted by molar-refractivity contribution is 5.96. The van der Waals surface area contributed by atoms with E-state index in [-0.39, 0.29) is 17.2 Å². The van der Waals surface area contributed by atoms with E-state index in [9.17, 15) is 9.59 Å². The normalized spacial score (nSPS) is 10.5. The van der Waals surface area contributed by atoms with Gasteiger partial charge in [-0.15, -0.1) is 0 Å². The van der Waals surface area contributed by atoms with E-state index in [0.717, 1.165) is 11.0 Å². The second-order valence-corrected chi connectivity index (χ2v) is 4.86. The van der Waals surface area contributed by atoms with E-state index in [1.165, 1.54) is 0 Å². The molecular formula is C16H18N2O3. The van der Waals surface area contributed by atoms with Crippen LogP contribution < -0.4 is 10.9 Å². The molecule has 2 N–H and O–H groups in total. The minimum atomic E-state index is -0.322. The molecule has 0 fully saturated rings. The van der Waals surface area contributed by atoms with Crippen molar-refractivity contribution in [3.63, 3.8) is 0 Å². The fraction of sp³-hybridized carbons (Fsp3) is 0.250. The number of H-pyrrole nitrogens is 1. The summed E-state index contributed by atoms with van der Waals surface area (Å²) in [6.07, 6.45) is 0. The zero-order valence-corrected chi connectivity index (χ0v) is 11.9. The second-order valence-electron chi connectivity index (χ2n) is 4.86. The lowest BCUT2D eigenvalue weighted by molar-refractivity contribution is 0.0922. The molecule has 2 rings (SSSR count). The zero-order valence-electron chi connectivity index (χ0n) is 11.9. The van der Waals surface area contributed by atoms with Crippen molar-refractivity contribution >= 4 is 16.7 Å². The highest BCUT2D eigenvalue weighted by atomic mass is 16.5. The Kier molecular flexibility index (Phi) is 4.90. The maximum Gasteiger partial charge on any atom is 0.267 e. The number of aromatic nitrogens is 1. The molecule has 21 heavy (non-hydrogen) atoms. The van der Waals surface area contributed by atoms with E-state index in [1.54, 1.807) is 24.3 Å². The first-order valence-corrected chi connectivity index (χ1v) is 6.70. The summed E-state index contributed by atoms with van der Waals surface area (Å²) in [6, 6.07) is 8.81. The van der Waals surface area contributed by atoms with Crippen molar-refractivity contribution in [1.29, 1.82) is 0 Å². The van der Waals surface area contributed by atoms with Gasteiger partial charge in [-0.25, -0.2) is 0 Å². The average Bonchev–Trinajstić information content (AvgIpc) is 2.46. The van der Waals surface area contributed by atoms with Crippen LogP contribution in [0.5, 0.6) is 0 Å². The van der Waals surface area contributed by atoms with Gasteiger partial charge in [-0.05, 0) is 24.4 Å². The highest BCUT2D eigenvalue weighted by Crippen LogP contribution is 2.09. The number of aromatic amines is 1. The predicted octanol–water partition coefficient (Wildman–Crippen LogP) is 1.85. The van der Waals surface area contributed by atoms with Crippen LogP contribution in [-0.4, -0.2) is 30.6 Å². The molecule has 5 heteroatoms. The van der Waals surface area contributed by atoms with Crippen LogP contribution in [0, 0.1) is 0 Å². The van der Waals surface area contributed by atoms with Gasteiger partial charge in [0.05, 0.1) is 13.2 Å². The molecule has 110 valence electrons. The predicted molar refractivity (Wildman–Crippen MR) is 82.5 cm³/mol. The molecular weight excluding hydrogens is 268 g/mol. The number of fused-ring (bicyclic) bond motifs is 1. The van der Waals surface area contributed by atoms with Gasteiger partial charge in [0.25, 0.3) is 11.5 Å². The summed E-state index contributed by atoms with van der Waals surface area (Å²) in [4.78, 5) is 26.5. The number of benzene rings is 1. The maximum absolute atomic E-state index is 12.0. The molecule has 0 aliphatic heterocycles. The molecule has 0 aliphatic carbocycles. The van der Waals surface area contributed by atoms with Gasteiger partial charge in [0, 0.05) is 11.9 Å². The summed E-state index contributed by atoms with van der Waals surface area (Å²) in [5.74, 6) is -0.322. The second kappa shape index (κ2) is 6.85. The number of nitrogens with one attached hydrogen (secondary N) is 2. The lowest BCUT2D eigenvalue weighted by Crippen LogP contribution is -2.29. The van der Waals surface area contributed by atoms with Crippen molar-refractivity contribution in [2.24, 2.45) is 0 Å². The average molecular weight is 286 g/mol. The molecule has 0 spiro atoms. The first-order chi connectivity index (χ1) is 10.1. The maximum atomic E-state index is 12.0. The lowest BCUT2D eigenvalue weighted by Gasteiger charge is -2.07. The van der Waals surface area contributed by atoms with E-state index in [2.05, 4.69) is 16.9 Å². The summed E-state index contributed by atoms with van der Waals surface area (Å²) in [5, 5.41) is 4.01. The fourth-order valence-corrected chi connectivity index (χ4v) is 1.91. The van der Waals surface area contributed by atoms with Crippen LogP contribution in [0.15, 0.2) is 47.3 Å². The Labute approximate surface area is 122 Å². The van der Waals surface area contributed by atoms with Crippen LogP contribution in [0.1, 0.15) is 17.4 Å². The molecule has 0 aliphatic rings. The number of ether oxygens (including phenoxy) is 1. The summed E-state index contributed by atoms with van der Waals surface area (Å²) < 4.78 is 5.29. The van der Waals surface area contributed by atoms with E-state index < -0.39 is 0 Å². The third-order valence-corrected chi connectivity index (χ3v) is 2.88. The minimum Gasteiger partial charge on any atom is -0.375 e. The third kappa shape index (κ3) is 4.03. The van der Waals surface area contributed by atoms with Gasteiger partial charge in [-0.1, -0.05) is 30.4 Å². The molecule has 0 bridgehead atoms. The minimum absolute atomic E-state index is 0.249. The Bertz CT molecular complexity index is 719. The van der Waals surface area contributed by atoms with Gasteiger partial charge in [-0.3, -0.25) is 9.59 Å². The Morgan fingerprint density at radius 3 is 2.90 bits per heavy atom. The number of carbonyl (C=O) groups is 1. The van der Waals surface area contributed by atoms with Crippen LogP contribution in [0.4, 0.5) is 0 Å². The molecule has 1 aromatic carbocycles. The van der Waals surface area contributed by atoms with Gasteiger partial charge in [0.1, 0.15) is 5.69 Å². The summed E-state index contributed by atoms with van der Waals surface area (Å²) in [7, 11) is 0. The Morgan fingerprint density at radius 1 is 1.38 bits per heavy atom. The van der Waals surface area contributed by atoms with Crippen molar-refractivity contribution in [2.45, 2.75) is 6.92 Å². The Balaban J connectivity index is 2.00. The number of carbonyl (C=O) groups excluding carboxylic acids is 1. The fourth-order valence-electron chi connectivity index (χ4n) is 1.91. The molecule has 1 amide bonds. The Hall–Kier alpha value is -2.40. The molecule has 2 aromatic rings. The number of rotatable bonds is 6. The van der Waals surface area contributed by atoms with Gasteiger partial charge < -0.3 is 15.0 Å². The molecule has 0 unspecified atom stereocenters. The first-order valence-electron chi connectivity index (χ1n) is 6.70. The number of amides is 1.